The molecule has 0 saturated heterocycles. The van der Waals surface area contributed by atoms with E-state index in [1.54, 1.807) is 36.4 Å². The van der Waals surface area contributed by atoms with Crippen molar-refractivity contribution in [2.24, 2.45) is 5.92 Å². The van der Waals surface area contributed by atoms with Crippen LogP contribution >= 0.6 is 0 Å². The van der Waals surface area contributed by atoms with E-state index < -0.39 is 0 Å². The molecule has 0 saturated carbocycles. The molecular formula is C22H28N2O5. The number of carbonyl (C=O) groups excluding carboxylic acids is 2. The quantitative estimate of drug-likeness (QED) is 0.654. The minimum atomic E-state index is -0.294. The van der Waals surface area contributed by atoms with Gasteiger partial charge in [0.1, 0.15) is 0 Å². The first-order chi connectivity index (χ1) is 14.0. The van der Waals surface area contributed by atoms with Crippen molar-refractivity contribution >= 4 is 23.2 Å². The van der Waals surface area contributed by atoms with Gasteiger partial charge in [0, 0.05) is 35.0 Å². The normalized spacial score (nSPS) is 10.4. The number of nitrogens with one attached hydrogen (secondary N) is 2. The Balaban J connectivity index is 2.12. The SMILES string of the molecule is CCC(CC)C(=O)Nc1ccc(C(=O)Nc2cc(OC)c(OC)c(OC)c2)cc1. The average Bonchev–Trinajstić information content (AvgIpc) is 2.74. The van der Waals surface area contributed by atoms with Crippen LogP contribution in [-0.4, -0.2) is 33.1 Å². The Bertz CT molecular complexity index is 820. The molecule has 7 heteroatoms. The molecule has 156 valence electrons. The Morgan fingerprint density at radius 1 is 0.828 bits per heavy atom. The maximum absolute atomic E-state index is 12.6. The van der Waals surface area contributed by atoms with Crippen molar-refractivity contribution in [2.45, 2.75) is 26.7 Å². The molecule has 0 aliphatic heterocycles. The van der Waals surface area contributed by atoms with Crippen LogP contribution in [0.3, 0.4) is 0 Å². The Morgan fingerprint density at radius 3 is 1.83 bits per heavy atom. The van der Waals surface area contributed by atoms with Gasteiger partial charge in [-0.15, -0.1) is 0 Å². The number of rotatable bonds is 9. The van der Waals surface area contributed by atoms with Crippen LogP contribution < -0.4 is 24.8 Å². The van der Waals surface area contributed by atoms with Crippen molar-refractivity contribution in [1.29, 1.82) is 0 Å². The summed E-state index contributed by atoms with van der Waals surface area (Å²) in [5.41, 5.74) is 1.63. The van der Waals surface area contributed by atoms with Crippen LogP contribution in [0.15, 0.2) is 36.4 Å². The van der Waals surface area contributed by atoms with Gasteiger partial charge in [0.15, 0.2) is 11.5 Å². The van der Waals surface area contributed by atoms with Gasteiger partial charge in [0.05, 0.1) is 21.3 Å². The summed E-state index contributed by atoms with van der Waals surface area (Å²) in [7, 11) is 4.54. The van der Waals surface area contributed by atoms with Gasteiger partial charge in [-0.05, 0) is 37.1 Å². The number of hydrogen-bond donors (Lipinski definition) is 2. The highest BCUT2D eigenvalue weighted by Gasteiger charge is 2.16. The summed E-state index contributed by atoms with van der Waals surface area (Å²) in [4.78, 5) is 24.8. The zero-order chi connectivity index (χ0) is 21.4. The summed E-state index contributed by atoms with van der Waals surface area (Å²) in [6.45, 7) is 3.98. The predicted molar refractivity (Wildman–Crippen MR) is 113 cm³/mol. The van der Waals surface area contributed by atoms with Gasteiger partial charge < -0.3 is 24.8 Å². The Hall–Kier alpha value is -3.22. The van der Waals surface area contributed by atoms with E-state index in [0.717, 1.165) is 12.8 Å². The highest BCUT2D eigenvalue weighted by Crippen LogP contribution is 2.40. The molecule has 0 bridgehead atoms. The Labute approximate surface area is 171 Å². The molecule has 2 amide bonds. The Morgan fingerprint density at radius 2 is 1.38 bits per heavy atom. The molecule has 0 aromatic heterocycles. The van der Waals surface area contributed by atoms with Gasteiger partial charge in [-0.1, -0.05) is 13.8 Å². The van der Waals surface area contributed by atoms with Gasteiger partial charge in [-0.3, -0.25) is 9.59 Å². The van der Waals surface area contributed by atoms with Crippen LogP contribution in [0.4, 0.5) is 11.4 Å². The first kappa shape index (κ1) is 22.1. The van der Waals surface area contributed by atoms with E-state index in [1.807, 2.05) is 13.8 Å². The molecule has 0 aliphatic carbocycles. The molecule has 0 aliphatic rings. The number of carbonyl (C=O) groups is 2. The third kappa shape index (κ3) is 5.40. The fraction of sp³-hybridized carbons (Fsp3) is 0.364. The fourth-order valence-corrected chi connectivity index (χ4v) is 2.97. The van der Waals surface area contributed by atoms with Crippen molar-refractivity contribution in [1.82, 2.24) is 0 Å². The summed E-state index contributed by atoms with van der Waals surface area (Å²) in [6.07, 6.45) is 1.58. The molecule has 29 heavy (non-hydrogen) atoms. The largest absolute Gasteiger partial charge is 0.493 e. The average molecular weight is 400 g/mol. The fourth-order valence-electron chi connectivity index (χ4n) is 2.97. The van der Waals surface area contributed by atoms with Gasteiger partial charge >= 0.3 is 0 Å². The van der Waals surface area contributed by atoms with Gasteiger partial charge in [0.25, 0.3) is 5.91 Å². The summed E-state index contributed by atoms with van der Waals surface area (Å²) < 4.78 is 15.9. The second-order valence-corrected chi connectivity index (χ2v) is 6.45. The van der Waals surface area contributed by atoms with E-state index in [9.17, 15) is 9.59 Å². The van der Waals surface area contributed by atoms with E-state index in [2.05, 4.69) is 10.6 Å². The van der Waals surface area contributed by atoms with Crippen LogP contribution in [0.1, 0.15) is 37.0 Å². The molecule has 2 aromatic carbocycles. The molecular weight excluding hydrogens is 372 g/mol. The number of amides is 2. The maximum atomic E-state index is 12.6. The lowest BCUT2D eigenvalue weighted by Crippen LogP contribution is -2.21. The third-order valence-corrected chi connectivity index (χ3v) is 4.69. The van der Waals surface area contributed by atoms with Crippen molar-refractivity contribution in [3.05, 3.63) is 42.0 Å². The topological polar surface area (TPSA) is 85.9 Å². The molecule has 0 unspecified atom stereocenters. The first-order valence-electron chi connectivity index (χ1n) is 9.49. The van der Waals surface area contributed by atoms with E-state index in [4.69, 9.17) is 14.2 Å². The van der Waals surface area contributed by atoms with Crippen LogP contribution in [0.2, 0.25) is 0 Å². The summed E-state index contributed by atoms with van der Waals surface area (Å²) in [5.74, 6) is 1.02. The number of benzene rings is 2. The minimum Gasteiger partial charge on any atom is -0.493 e. The number of ether oxygens (including phenoxy) is 3. The zero-order valence-electron chi connectivity index (χ0n) is 17.5. The molecule has 0 atom stereocenters. The van der Waals surface area contributed by atoms with Crippen LogP contribution in [0.25, 0.3) is 0 Å². The molecule has 0 radical (unpaired) electrons. The summed E-state index contributed by atoms with van der Waals surface area (Å²) >= 11 is 0. The molecule has 2 aromatic rings. The number of hydrogen-bond acceptors (Lipinski definition) is 5. The molecule has 7 nitrogen and oxygen atoms in total. The third-order valence-electron chi connectivity index (χ3n) is 4.69. The molecule has 0 fully saturated rings. The standard InChI is InChI=1S/C22H28N2O5/c1-6-14(7-2)21(25)23-16-10-8-15(9-11-16)22(26)24-17-12-18(27-3)20(29-5)19(13-17)28-4/h8-14H,6-7H2,1-5H3,(H,23,25)(H,24,26). The molecule has 0 heterocycles. The van der Waals surface area contributed by atoms with Crippen LogP contribution in [0, 0.1) is 5.92 Å². The minimum absolute atomic E-state index is 0.00961. The zero-order valence-corrected chi connectivity index (χ0v) is 17.5. The second-order valence-electron chi connectivity index (χ2n) is 6.45. The Kier molecular flexibility index (Phi) is 7.88. The highest BCUT2D eigenvalue weighted by atomic mass is 16.5. The van der Waals surface area contributed by atoms with Crippen LogP contribution in [-0.2, 0) is 4.79 Å². The smallest absolute Gasteiger partial charge is 0.255 e. The van der Waals surface area contributed by atoms with E-state index >= 15 is 0 Å². The van der Waals surface area contributed by atoms with Crippen LogP contribution in [0.5, 0.6) is 17.2 Å². The maximum Gasteiger partial charge on any atom is 0.255 e. The molecule has 0 spiro atoms. The monoisotopic (exact) mass is 400 g/mol. The number of methoxy groups -OCH3 is 3. The van der Waals surface area contributed by atoms with Gasteiger partial charge in [-0.25, -0.2) is 0 Å². The van der Waals surface area contributed by atoms with Gasteiger partial charge in [0.2, 0.25) is 11.7 Å². The molecule has 2 N–H and O–H groups in total. The number of anilines is 2. The highest BCUT2D eigenvalue weighted by molar-refractivity contribution is 6.05. The van der Waals surface area contributed by atoms with Crippen molar-refractivity contribution in [2.75, 3.05) is 32.0 Å². The van der Waals surface area contributed by atoms with Crippen molar-refractivity contribution in [3.8, 4) is 17.2 Å². The van der Waals surface area contributed by atoms with Crippen molar-refractivity contribution < 1.29 is 23.8 Å². The summed E-state index contributed by atoms with van der Waals surface area (Å²) in [6, 6.07) is 10.1. The van der Waals surface area contributed by atoms with Gasteiger partial charge in [-0.2, -0.15) is 0 Å². The first-order valence-corrected chi connectivity index (χ1v) is 9.49. The molecule has 2 rings (SSSR count). The summed E-state index contributed by atoms with van der Waals surface area (Å²) in [5, 5.41) is 5.70. The van der Waals surface area contributed by atoms with Crippen molar-refractivity contribution in [3.63, 3.8) is 0 Å². The second kappa shape index (κ2) is 10.4. The lowest BCUT2D eigenvalue weighted by atomic mass is 10.0. The van der Waals surface area contributed by atoms with E-state index in [0.29, 0.717) is 34.2 Å². The van der Waals surface area contributed by atoms with E-state index in [1.165, 1.54) is 21.3 Å². The lowest BCUT2D eigenvalue weighted by molar-refractivity contribution is -0.120. The lowest BCUT2D eigenvalue weighted by Gasteiger charge is -2.15. The predicted octanol–water partition coefficient (Wildman–Crippen LogP) is 4.34. The van der Waals surface area contributed by atoms with E-state index in [-0.39, 0.29) is 17.7 Å².